The van der Waals surface area contributed by atoms with Crippen molar-refractivity contribution in [3.05, 3.63) is 78.9 Å². The molecule has 2 N–H and O–H groups in total. The Kier molecular flexibility index (Phi) is 3.25. The first-order valence-electron chi connectivity index (χ1n) is 8.58. The van der Waals surface area contributed by atoms with Crippen molar-refractivity contribution in [2.45, 2.75) is 0 Å². The fourth-order valence-corrected chi connectivity index (χ4v) is 3.79. The first-order valence-corrected chi connectivity index (χ1v) is 8.58. The molecule has 5 rings (SSSR count). The van der Waals surface area contributed by atoms with Gasteiger partial charge in [0, 0.05) is 11.1 Å². The van der Waals surface area contributed by atoms with E-state index in [0.29, 0.717) is 0 Å². The van der Waals surface area contributed by atoms with Gasteiger partial charge in [-0.15, -0.1) is 0 Å². The third-order valence-electron chi connectivity index (χ3n) is 4.91. The number of hydrogen-bond acceptors (Lipinski definition) is 2. The van der Waals surface area contributed by atoms with E-state index >= 15 is 0 Å². The highest BCUT2D eigenvalue weighted by Crippen LogP contribution is 2.42. The third-order valence-corrected chi connectivity index (χ3v) is 4.91. The Labute approximate surface area is 150 Å². The number of para-hydroxylation sites is 1. The molecule has 5 aromatic rings. The standard InChI is InChI=1S/C23H16N2O/c26-14-24-20-13-17-10-9-15-5-4-6-16-11-12-19(22(17)21(15)16)23(20)25-18-7-2-1-3-8-18/h1-14,25H,(H,24,26). The molecule has 0 aliphatic carbocycles. The Morgan fingerprint density at radius 3 is 2.19 bits per heavy atom. The van der Waals surface area contributed by atoms with Crippen LogP contribution in [0.4, 0.5) is 17.1 Å². The predicted molar refractivity (Wildman–Crippen MR) is 110 cm³/mol. The maximum Gasteiger partial charge on any atom is 0.211 e. The second-order valence-corrected chi connectivity index (χ2v) is 6.41. The first kappa shape index (κ1) is 14.7. The summed E-state index contributed by atoms with van der Waals surface area (Å²) in [4.78, 5) is 11.2. The molecule has 0 fully saturated rings. The summed E-state index contributed by atoms with van der Waals surface area (Å²) in [6.07, 6.45) is 0.725. The lowest BCUT2D eigenvalue weighted by Crippen LogP contribution is -2.01. The van der Waals surface area contributed by atoms with Gasteiger partial charge in [0.25, 0.3) is 0 Å². The molecular formula is C23H16N2O. The molecule has 0 spiro atoms. The summed E-state index contributed by atoms with van der Waals surface area (Å²) in [5.74, 6) is 0. The van der Waals surface area contributed by atoms with Crippen molar-refractivity contribution in [2.75, 3.05) is 10.6 Å². The predicted octanol–water partition coefficient (Wildman–Crippen LogP) is 5.90. The second kappa shape index (κ2) is 5.74. The Balaban J connectivity index is 1.88. The van der Waals surface area contributed by atoms with E-state index in [1.807, 2.05) is 36.4 Å². The van der Waals surface area contributed by atoms with E-state index in [-0.39, 0.29) is 0 Å². The zero-order valence-electron chi connectivity index (χ0n) is 14.0. The topological polar surface area (TPSA) is 41.1 Å². The molecule has 0 bridgehead atoms. The fraction of sp³-hybridized carbons (Fsp3) is 0. The SMILES string of the molecule is O=CNc1cc2ccc3cccc4ccc(c1Nc1ccccc1)c2c34. The second-order valence-electron chi connectivity index (χ2n) is 6.41. The third kappa shape index (κ3) is 2.18. The minimum atomic E-state index is 0.725. The van der Waals surface area contributed by atoms with E-state index in [0.717, 1.165) is 34.2 Å². The maximum atomic E-state index is 11.2. The van der Waals surface area contributed by atoms with Crippen molar-refractivity contribution in [2.24, 2.45) is 0 Å². The molecule has 1 amide bonds. The highest BCUT2D eigenvalue weighted by atomic mass is 16.1. The summed E-state index contributed by atoms with van der Waals surface area (Å²) < 4.78 is 0. The van der Waals surface area contributed by atoms with Crippen LogP contribution in [0.1, 0.15) is 0 Å². The molecule has 3 nitrogen and oxygen atoms in total. The highest BCUT2D eigenvalue weighted by Gasteiger charge is 2.14. The molecule has 26 heavy (non-hydrogen) atoms. The Hall–Kier alpha value is -3.59. The van der Waals surface area contributed by atoms with E-state index < -0.39 is 0 Å². The van der Waals surface area contributed by atoms with Gasteiger partial charge in [-0.25, -0.2) is 0 Å². The number of amides is 1. The Bertz CT molecular complexity index is 1230. The van der Waals surface area contributed by atoms with Gasteiger partial charge < -0.3 is 10.6 Å². The van der Waals surface area contributed by atoms with Crippen LogP contribution in [-0.2, 0) is 4.79 Å². The number of carbonyl (C=O) groups excluding carboxylic acids is 1. The molecular weight excluding hydrogens is 320 g/mol. The van der Waals surface area contributed by atoms with E-state index in [9.17, 15) is 4.79 Å². The number of nitrogens with one attached hydrogen (secondary N) is 2. The van der Waals surface area contributed by atoms with Gasteiger partial charge in [-0.1, -0.05) is 60.7 Å². The molecule has 0 atom stereocenters. The number of carbonyl (C=O) groups is 1. The van der Waals surface area contributed by atoms with Crippen molar-refractivity contribution in [3.8, 4) is 0 Å². The molecule has 5 aromatic carbocycles. The number of rotatable bonds is 4. The summed E-state index contributed by atoms with van der Waals surface area (Å²) in [7, 11) is 0. The van der Waals surface area contributed by atoms with Crippen LogP contribution in [0.2, 0.25) is 0 Å². The smallest absolute Gasteiger partial charge is 0.211 e. The summed E-state index contributed by atoms with van der Waals surface area (Å²) in [6.45, 7) is 0. The summed E-state index contributed by atoms with van der Waals surface area (Å²) in [6, 6.07) is 26.9. The largest absolute Gasteiger partial charge is 0.353 e. The first-order chi connectivity index (χ1) is 12.8. The van der Waals surface area contributed by atoms with Crippen molar-refractivity contribution in [1.29, 1.82) is 0 Å². The summed E-state index contributed by atoms with van der Waals surface area (Å²) >= 11 is 0. The normalized spacial score (nSPS) is 11.2. The van der Waals surface area contributed by atoms with Gasteiger partial charge in [0.2, 0.25) is 6.41 Å². The molecule has 0 aromatic heterocycles. The van der Waals surface area contributed by atoms with Crippen LogP contribution in [0.25, 0.3) is 32.3 Å². The number of benzene rings is 5. The summed E-state index contributed by atoms with van der Waals surface area (Å²) in [5, 5.41) is 13.5. The van der Waals surface area contributed by atoms with Gasteiger partial charge in [-0.3, -0.25) is 4.79 Å². The highest BCUT2D eigenvalue weighted by molar-refractivity contribution is 6.27. The molecule has 0 unspecified atom stereocenters. The zero-order chi connectivity index (χ0) is 17.5. The lowest BCUT2D eigenvalue weighted by molar-refractivity contribution is -0.105. The van der Waals surface area contributed by atoms with Gasteiger partial charge in [0.15, 0.2) is 0 Å². The van der Waals surface area contributed by atoms with Gasteiger partial charge in [0.05, 0.1) is 11.4 Å². The van der Waals surface area contributed by atoms with Crippen LogP contribution in [0, 0.1) is 0 Å². The van der Waals surface area contributed by atoms with Gasteiger partial charge >= 0.3 is 0 Å². The van der Waals surface area contributed by atoms with E-state index in [1.165, 1.54) is 21.5 Å². The molecule has 0 heterocycles. The van der Waals surface area contributed by atoms with Crippen LogP contribution >= 0.6 is 0 Å². The van der Waals surface area contributed by atoms with E-state index in [2.05, 4.69) is 53.1 Å². The number of hydrogen-bond donors (Lipinski definition) is 2. The van der Waals surface area contributed by atoms with Crippen LogP contribution in [0.15, 0.2) is 78.9 Å². The van der Waals surface area contributed by atoms with Crippen molar-refractivity contribution < 1.29 is 4.79 Å². The van der Waals surface area contributed by atoms with Crippen molar-refractivity contribution >= 4 is 55.8 Å². The average Bonchev–Trinajstić information content (AvgIpc) is 2.69. The van der Waals surface area contributed by atoms with E-state index in [4.69, 9.17) is 0 Å². The molecule has 3 heteroatoms. The molecule has 0 radical (unpaired) electrons. The molecule has 0 aliphatic rings. The maximum absolute atomic E-state index is 11.2. The monoisotopic (exact) mass is 336 g/mol. The van der Waals surface area contributed by atoms with Crippen LogP contribution < -0.4 is 10.6 Å². The average molecular weight is 336 g/mol. The quantitative estimate of drug-likeness (QED) is 0.317. The van der Waals surface area contributed by atoms with Crippen molar-refractivity contribution in [3.63, 3.8) is 0 Å². The van der Waals surface area contributed by atoms with Gasteiger partial charge in [-0.05, 0) is 45.1 Å². The lowest BCUT2D eigenvalue weighted by Gasteiger charge is -2.18. The molecule has 0 saturated carbocycles. The zero-order valence-corrected chi connectivity index (χ0v) is 14.0. The Morgan fingerprint density at radius 2 is 1.42 bits per heavy atom. The van der Waals surface area contributed by atoms with Crippen LogP contribution in [-0.4, -0.2) is 6.41 Å². The molecule has 0 aliphatic heterocycles. The number of anilines is 3. The minimum absolute atomic E-state index is 0.725. The van der Waals surface area contributed by atoms with Crippen molar-refractivity contribution in [1.82, 2.24) is 0 Å². The van der Waals surface area contributed by atoms with Gasteiger partial charge in [0.1, 0.15) is 0 Å². The van der Waals surface area contributed by atoms with E-state index in [1.54, 1.807) is 0 Å². The van der Waals surface area contributed by atoms with Crippen LogP contribution in [0.3, 0.4) is 0 Å². The Morgan fingerprint density at radius 1 is 0.692 bits per heavy atom. The minimum Gasteiger partial charge on any atom is -0.353 e. The molecule has 0 saturated heterocycles. The van der Waals surface area contributed by atoms with Crippen LogP contribution in [0.5, 0.6) is 0 Å². The molecule has 124 valence electrons. The lowest BCUT2D eigenvalue weighted by atomic mass is 9.92. The fourth-order valence-electron chi connectivity index (χ4n) is 3.79. The summed E-state index contributed by atoms with van der Waals surface area (Å²) in [5.41, 5.74) is 2.67. The van der Waals surface area contributed by atoms with Gasteiger partial charge in [-0.2, -0.15) is 0 Å².